The number of anilines is 1. The number of hydrogen-bond acceptors (Lipinski definition) is 4. The summed E-state index contributed by atoms with van der Waals surface area (Å²) in [5.74, 6) is -0.102. The van der Waals surface area contributed by atoms with Crippen LogP contribution in [0.5, 0.6) is 5.75 Å². The van der Waals surface area contributed by atoms with Crippen molar-refractivity contribution >= 4 is 29.2 Å². The van der Waals surface area contributed by atoms with E-state index in [2.05, 4.69) is 15.7 Å². The summed E-state index contributed by atoms with van der Waals surface area (Å²) in [4.78, 5) is 25.6. The Labute approximate surface area is 220 Å². The Morgan fingerprint density at radius 1 is 1.05 bits per heavy atom. The summed E-state index contributed by atoms with van der Waals surface area (Å²) in [5, 5.41) is 21.6. The number of benzene rings is 3. The summed E-state index contributed by atoms with van der Waals surface area (Å²) in [6.07, 6.45) is 3.11. The maximum atomic E-state index is 13.1. The lowest BCUT2D eigenvalue weighted by atomic mass is 9.82. The van der Waals surface area contributed by atoms with Crippen molar-refractivity contribution in [1.82, 2.24) is 15.1 Å². The zero-order valence-electron chi connectivity index (χ0n) is 20.4. The maximum Gasteiger partial charge on any atom is 0.342 e. The molecule has 0 spiro atoms. The molecule has 1 heterocycles. The zero-order valence-corrected chi connectivity index (χ0v) is 21.1. The van der Waals surface area contributed by atoms with Crippen molar-refractivity contribution in [2.45, 2.75) is 38.6 Å². The molecule has 1 fully saturated rings. The smallest absolute Gasteiger partial charge is 0.342 e. The molecule has 0 saturated heterocycles. The monoisotopic (exact) mass is 514 g/mol. The fourth-order valence-electron chi connectivity index (χ4n) is 4.37. The number of carbonyl (C=O) groups is 2. The molecule has 1 aliphatic carbocycles. The lowest BCUT2D eigenvalue weighted by molar-refractivity contribution is 0.102. The fourth-order valence-corrected chi connectivity index (χ4v) is 4.50. The highest BCUT2D eigenvalue weighted by Crippen LogP contribution is 2.39. The van der Waals surface area contributed by atoms with Gasteiger partial charge in [0.15, 0.2) is 0 Å². The van der Waals surface area contributed by atoms with Gasteiger partial charge in [-0.05, 0) is 73.4 Å². The van der Waals surface area contributed by atoms with E-state index in [1.54, 1.807) is 36.4 Å². The Morgan fingerprint density at radius 3 is 2.49 bits per heavy atom. The number of aromatic nitrogens is 2. The van der Waals surface area contributed by atoms with Gasteiger partial charge in [0, 0.05) is 40.4 Å². The van der Waals surface area contributed by atoms with Gasteiger partial charge in [0.1, 0.15) is 5.75 Å². The van der Waals surface area contributed by atoms with Crippen LogP contribution in [0.1, 0.15) is 52.4 Å². The minimum atomic E-state index is -0.314. The molecular formula is C29H27ClN4O3. The molecule has 37 heavy (non-hydrogen) atoms. The van der Waals surface area contributed by atoms with E-state index in [4.69, 9.17) is 11.6 Å². The van der Waals surface area contributed by atoms with Gasteiger partial charge in [-0.15, -0.1) is 0 Å². The van der Waals surface area contributed by atoms with Crippen molar-refractivity contribution in [2.75, 3.05) is 5.32 Å². The number of phenolic OH excluding ortho intramolecular Hbond substituents is 1. The van der Waals surface area contributed by atoms with Crippen LogP contribution in [0.15, 0.2) is 72.8 Å². The topological polar surface area (TPSA) is 96.3 Å². The highest BCUT2D eigenvalue weighted by molar-refractivity contribution is 6.30. The van der Waals surface area contributed by atoms with Crippen LogP contribution in [0, 0.1) is 6.92 Å². The quantitative estimate of drug-likeness (QED) is 0.274. The predicted molar refractivity (Wildman–Crippen MR) is 144 cm³/mol. The highest BCUT2D eigenvalue weighted by atomic mass is 35.5. The standard InChI is InChI=1S/C29H27ClN4O3/c1-18-5-2-3-6-21(18)17-31-29(37)34-26(19-7-4-8-19)16-25(33-34)24-14-13-23(15-27(24)35)32-28(36)20-9-11-22(30)12-10-20/h2-3,5-6,9-16,19,35H,4,7-8,17H2,1H3,(H,31,37)(H,32,36). The summed E-state index contributed by atoms with van der Waals surface area (Å²) in [6.45, 7) is 2.41. The average molecular weight is 515 g/mol. The third-order valence-electron chi connectivity index (χ3n) is 6.78. The van der Waals surface area contributed by atoms with Gasteiger partial charge >= 0.3 is 6.03 Å². The number of nitrogens with one attached hydrogen (secondary N) is 2. The molecule has 0 radical (unpaired) electrons. The number of rotatable bonds is 6. The van der Waals surface area contributed by atoms with Crippen LogP contribution < -0.4 is 10.6 Å². The van der Waals surface area contributed by atoms with E-state index in [1.165, 1.54) is 10.7 Å². The molecule has 5 rings (SSSR count). The predicted octanol–water partition coefficient (Wildman–Crippen LogP) is 6.50. The molecule has 3 N–H and O–H groups in total. The molecule has 0 aliphatic heterocycles. The summed E-state index contributed by atoms with van der Waals surface area (Å²) in [7, 11) is 0. The fraction of sp³-hybridized carbons (Fsp3) is 0.207. The molecule has 0 atom stereocenters. The van der Waals surface area contributed by atoms with Crippen LogP contribution in [0.25, 0.3) is 11.3 Å². The van der Waals surface area contributed by atoms with Crippen LogP contribution in [0.2, 0.25) is 5.02 Å². The Hall–Kier alpha value is -4.10. The van der Waals surface area contributed by atoms with Crippen molar-refractivity contribution in [3.63, 3.8) is 0 Å². The number of amides is 2. The van der Waals surface area contributed by atoms with Crippen LogP contribution in [0.3, 0.4) is 0 Å². The average Bonchev–Trinajstić information content (AvgIpc) is 3.27. The van der Waals surface area contributed by atoms with E-state index in [0.717, 1.165) is 36.1 Å². The van der Waals surface area contributed by atoms with Crippen LogP contribution in [0.4, 0.5) is 10.5 Å². The largest absolute Gasteiger partial charge is 0.507 e. The molecule has 7 nitrogen and oxygen atoms in total. The lowest BCUT2D eigenvalue weighted by Crippen LogP contribution is -2.31. The van der Waals surface area contributed by atoms with Crippen molar-refractivity contribution in [3.8, 4) is 17.0 Å². The third-order valence-corrected chi connectivity index (χ3v) is 7.03. The zero-order chi connectivity index (χ0) is 25.9. The minimum absolute atomic E-state index is 0.0426. The number of carbonyl (C=O) groups excluding carboxylic acids is 2. The van der Waals surface area contributed by atoms with Gasteiger partial charge in [-0.2, -0.15) is 9.78 Å². The van der Waals surface area contributed by atoms with E-state index in [9.17, 15) is 14.7 Å². The molecule has 0 bridgehead atoms. The molecule has 1 saturated carbocycles. The first-order chi connectivity index (χ1) is 17.9. The van der Waals surface area contributed by atoms with Crippen molar-refractivity contribution < 1.29 is 14.7 Å². The van der Waals surface area contributed by atoms with Crippen molar-refractivity contribution in [3.05, 3.63) is 100 Å². The SMILES string of the molecule is Cc1ccccc1CNC(=O)n1nc(-c2ccc(NC(=O)c3ccc(Cl)cc3)cc2O)cc1C1CCC1. The Morgan fingerprint density at radius 2 is 1.81 bits per heavy atom. The Bertz CT molecular complexity index is 1460. The molecule has 0 unspecified atom stereocenters. The van der Waals surface area contributed by atoms with Crippen molar-refractivity contribution in [2.24, 2.45) is 0 Å². The molecule has 4 aromatic rings. The first-order valence-electron chi connectivity index (χ1n) is 12.2. The molecule has 1 aliphatic rings. The van der Waals surface area contributed by atoms with Crippen molar-refractivity contribution in [1.29, 1.82) is 0 Å². The van der Waals surface area contributed by atoms with Crippen LogP contribution in [-0.2, 0) is 6.54 Å². The summed E-state index contributed by atoms with van der Waals surface area (Å²) in [5.41, 5.74) is 4.86. The second-order valence-corrected chi connectivity index (χ2v) is 9.71. The van der Waals surface area contributed by atoms with E-state index in [-0.39, 0.29) is 23.6 Å². The first-order valence-corrected chi connectivity index (χ1v) is 12.6. The van der Waals surface area contributed by atoms with Crippen LogP contribution >= 0.6 is 11.6 Å². The normalized spacial score (nSPS) is 13.1. The summed E-state index contributed by atoms with van der Waals surface area (Å²) < 4.78 is 1.42. The number of halogens is 1. The van der Waals surface area contributed by atoms with Gasteiger partial charge in [0.25, 0.3) is 5.91 Å². The Balaban J connectivity index is 1.36. The summed E-state index contributed by atoms with van der Waals surface area (Å²) in [6, 6.07) is 20.9. The highest BCUT2D eigenvalue weighted by Gasteiger charge is 2.27. The Kier molecular flexibility index (Phi) is 6.97. The van der Waals surface area contributed by atoms with E-state index < -0.39 is 0 Å². The molecular weight excluding hydrogens is 488 g/mol. The van der Waals surface area contributed by atoms with Gasteiger partial charge in [-0.25, -0.2) is 4.79 Å². The second kappa shape index (κ2) is 10.5. The first kappa shape index (κ1) is 24.6. The van der Waals surface area contributed by atoms with E-state index in [0.29, 0.717) is 34.1 Å². The molecule has 8 heteroatoms. The van der Waals surface area contributed by atoms with E-state index >= 15 is 0 Å². The number of hydrogen-bond donors (Lipinski definition) is 3. The lowest BCUT2D eigenvalue weighted by Gasteiger charge is -2.25. The van der Waals surface area contributed by atoms with Gasteiger partial charge < -0.3 is 15.7 Å². The second-order valence-electron chi connectivity index (χ2n) is 9.27. The summed E-state index contributed by atoms with van der Waals surface area (Å²) >= 11 is 5.89. The van der Waals surface area contributed by atoms with Gasteiger partial charge in [0.05, 0.1) is 11.4 Å². The van der Waals surface area contributed by atoms with Gasteiger partial charge in [-0.1, -0.05) is 42.3 Å². The third kappa shape index (κ3) is 5.37. The number of nitrogens with zero attached hydrogens (tertiary/aromatic N) is 2. The van der Waals surface area contributed by atoms with E-state index in [1.807, 2.05) is 37.3 Å². The molecule has 2 amide bonds. The molecule has 188 valence electrons. The molecule has 1 aromatic heterocycles. The van der Waals surface area contributed by atoms with Crippen LogP contribution in [-0.4, -0.2) is 26.8 Å². The molecule has 3 aromatic carbocycles. The number of aryl methyl sites for hydroxylation is 1. The van der Waals surface area contributed by atoms with Gasteiger partial charge in [0.2, 0.25) is 0 Å². The van der Waals surface area contributed by atoms with Gasteiger partial charge in [-0.3, -0.25) is 4.79 Å². The number of phenols is 1. The maximum absolute atomic E-state index is 13.1. The minimum Gasteiger partial charge on any atom is -0.507 e. The number of aromatic hydroxyl groups is 1.